The van der Waals surface area contributed by atoms with E-state index in [4.69, 9.17) is 0 Å². The molecule has 0 aliphatic carbocycles. The molecule has 2 saturated heterocycles. The summed E-state index contributed by atoms with van der Waals surface area (Å²) < 4.78 is 12.5. The first-order valence-corrected chi connectivity index (χ1v) is 5.69. The van der Waals surface area contributed by atoms with Gasteiger partial charge in [0.2, 0.25) is 0 Å². The van der Waals surface area contributed by atoms with Crippen molar-refractivity contribution in [2.24, 2.45) is 5.92 Å². The number of hydrogen-bond acceptors (Lipinski definition) is 1. The van der Waals surface area contributed by atoms with Gasteiger partial charge in [-0.05, 0) is 43.7 Å². The maximum Gasteiger partial charge on any atom is 0.0872 e. The lowest BCUT2D eigenvalue weighted by Gasteiger charge is -2.33. The fraction of sp³-hybridized carbons (Fsp3) is 0.833. The van der Waals surface area contributed by atoms with E-state index in [1.807, 2.05) is 0 Å². The van der Waals surface area contributed by atoms with E-state index in [1.54, 1.807) is 0 Å². The van der Waals surface area contributed by atoms with Crippen LogP contribution in [-0.4, -0.2) is 23.5 Å². The van der Waals surface area contributed by atoms with Crippen LogP contribution in [-0.2, 0) is 0 Å². The van der Waals surface area contributed by atoms with Crippen molar-refractivity contribution in [3.63, 3.8) is 0 Å². The van der Waals surface area contributed by atoms with E-state index in [0.717, 1.165) is 30.8 Å². The molecule has 2 heteroatoms. The van der Waals surface area contributed by atoms with Gasteiger partial charge in [-0.3, -0.25) is 4.90 Å². The molecule has 2 aliphatic rings. The number of fused-ring (bicyclic) bond motifs is 1. The van der Waals surface area contributed by atoms with Gasteiger partial charge in [-0.25, -0.2) is 4.39 Å². The fourth-order valence-corrected chi connectivity index (χ4v) is 3.30. The summed E-state index contributed by atoms with van der Waals surface area (Å²) >= 11 is 0. The Bertz CT molecular complexity index is 247. The van der Waals surface area contributed by atoms with Crippen molar-refractivity contribution < 1.29 is 4.39 Å². The Kier molecular flexibility index (Phi) is 2.65. The third-order valence-electron chi connectivity index (χ3n) is 3.63. The summed E-state index contributed by atoms with van der Waals surface area (Å²) in [6.07, 6.45) is 5.60. The molecule has 0 saturated carbocycles. The van der Waals surface area contributed by atoms with E-state index in [-0.39, 0.29) is 0 Å². The number of hydrogen-bond donors (Lipinski definition) is 0. The lowest BCUT2D eigenvalue weighted by molar-refractivity contribution is 0.163. The van der Waals surface area contributed by atoms with Crippen LogP contribution >= 0.6 is 0 Å². The Morgan fingerprint density at radius 1 is 1.57 bits per heavy atom. The summed E-state index contributed by atoms with van der Waals surface area (Å²) in [5, 5.41) is 0. The average molecular weight is 197 g/mol. The highest BCUT2D eigenvalue weighted by Crippen LogP contribution is 2.45. The second-order valence-corrected chi connectivity index (χ2v) is 5.29. The topological polar surface area (TPSA) is 3.24 Å². The zero-order valence-corrected chi connectivity index (χ0v) is 9.22. The minimum Gasteiger partial charge on any atom is -0.293 e. The standard InChI is InChI=1S/C12H20FN/c1-10(2)6-12-4-3-5-14(12)9-11(7-12)8-13/h8,10H,3-7,9H2,1-2H3/b11-8-/t12-/m1/s1. The van der Waals surface area contributed by atoms with Crippen LogP contribution < -0.4 is 0 Å². The van der Waals surface area contributed by atoms with Gasteiger partial charge in [0.05, 0.1) is 6.33 Å². The van der Waals surface area contributed by atoms with E-state index < -0.39 is 0 Å². The number of halogens is 1. The van der Waals surface area contributed by atoms with Crippen LogP contribution in [0, 0.1) is 5.92 Å². The van der Waals surface area contributed by atoms with Crippen LogP contribution in [0.25, 0.3) is 0 Å². The molecule has 80 valence electrons. The van der Waals surface area contributed by atoms with Crippen molar-refractivity contribution in [3.8, 4) is 0 Å². The van der Waals surface area contributed by atoms with E-state index >= 15 is 0 Å². The summed E-state index contributed by atoms with van der Waals surface area (Å²) in [5.74, 6) is 0.717. The van der Waals surface area contributed by atoms with Gasteiger partial charge in [0.1, 0.15) is 0 Å². The second kappa shape index (κ2) is 3.65. The molecule has 0 amide bonds. The highest BCUT2D eigenvalue weighted by atomic mass is 19.1. The third kappa shape index (κ3) is 1.60. The normalized spacial score (nSPS) is 35.9. The van der Waals surface area contributed by atoms with Gasteiger partial charge in [0, 0.05) is 12.1 Å². The van der Waals surface area contributed by atoms with Crippen molar-refractivity contribution >= 4 is 0 Å². The first-order valence-electron chi connectivity index (χ1n) is 5.69. The third-order valence-corrected chi connectivity index (χ3v) is 3.63. The molecule has 0 N–H and O–H groups in total. The Morgan fingerprint density at radius 2 is 2.36 bits per heavy atom. The van der Waals surface area contributed by atoms with E-state index in [0.29, 0.717) is 5.54 Å². The zero-order valence-electron chi connectivity index (χ0n) is 9.22. The SMILES string of the molecule is CC(C)C[C@@]12CCCN1C/C(=C\F)C2. The average Bonchev–Trinajstić information content (AvgIpc) is 2.58. The van der Waals surface area contributed by atoms with Gasteiger partial charge in [0.15, 0.2) is 0 Å². The minimum atomic E-state index is 0.325. The summed E-state index contributed by atoms with van der Waals surface area (Å²) in [6.45, 7) is 6.58. The van der Waals surface area contributed by atoms with Gasteiger partial charge in [0.25, 0.3) is 0 Å². The Hall–Kier alpha value is -0.370. The van der Waals surface area contributed by atoms with Gasteiger partial charge in [-0.1, -0.05) is 13.8 Å². The van der Waals surface area contributed by atoms with Crippen molar-refractivity contribution in [1.29, 1.82) is 0 Å². The van der Waals surface area contributed by atoms with Crippen LogP contribution in [0.2, 0.25) is 0 Å². The zero-order chi connectivity index (χ0) is 10.2. The molecular formula is C12H20FN. The number of rotatable bonds is 2. The monoisotopic (exact) mass is 197 g/mol. The maximum atomic E-state index is 12.5. The molecule has 0 aromatic carbocycles. The predicted octanol–water partition coefficient (Wildman–Crippen LogP) is 3.12. The Morgan fingerprint density at radius 3 is 3.00 bits per heavy atom. The summed E-state index contributed by atoms with van der Waals surface area (Å²) in [5.41, 5.74) is 1.33. The van der Waals surface area contributed by atoms with Crippen LogP contribution in [0.5, 0.6) is 0 Å². The number of nitrogens with zero attached hydrogens (tertiary/aromatic N) is 1. The lowest BCUT2D eigenvalue weighted by atomic mass is 9.84. The smallest absolute Gasteiger partial charge is 0.0872 e. The van der Waals surface area contributed by atoms with Gasteiger partial charge in [-0.15, -0.1) is 0 Å². The second-order valence-electron chi connectivity index (χ2n) is 5.29. The molecule has 0 aromatic rings. The van der Waals surface area contributed by atoms with Crippen LogP contribution in [0.4, 0.5) is 4.39 Å². The molecule has 1 atom stereocenters. The maximum absolute atomic E-state index is 12.5. The minimum absolute atomic E-state index is 0.325. The van der Waals surface area contributed by atoms with Crippen molar-refractivity contribution in [2.75, 3.05) is 13.1 Å². The van der Waals surface area contributed by atoms with Crippen molar-refractivity contribution in [3.05, 3.63) is 11.9 Å². The first kappa shape index (κ1) is 10.2. The largest absolute Gasteiger partial charge is 0.293 e. The molecular weight excluding hydrogens is 177 g/mol. The first-order chi connectivity index (χ1) is 6.66. The van der Waals surface area contributed by atoms with Crippen molar-refractivity contribution in [1.82, 2.24) is 4.90 Å². The summed E-state index contributed by atoms with van der Waals surface area (Å²) in [6, 6.07) is 0. The Balaban J connectivity index is 2.14. The predicted molar refractivity (Wildman–Crippen MR) is 56.8 cm³/mol. The van der Waals surface area contributed by atoms with Gasteiger partial charge in [-0.2, -0.15) is 0 Å². The molecule has 0 radical (unpaired) electrons. The summed E-state index contributed by atoms with van der Waals surface area (Å²) in [4.78, 5) is 2.50. The van der Waals surface area contributed by atoms with Gasteiger partial charge < -0.3 is 0 Å². The van der Waals surface area contributed by atoms with Crippen LogP contribution in [0.3, 0.4) is 0 Å². The molecule has 0 aromatic heterocycles. The molecule has 2 aliphatic heterocycles. The quantitative estimate of drug-likeness (QED) is 0.657. The van der Waals surface area contributed by atoms with E-state index in [1.165, 1.54) is 25.8 Å². The van der Waals surface area contributed by atoms with Crippen molar-refractivity contribution in [2.45, 2.75) is 45.1 Å². The molecule has 0 bridgehead atoms. The fourth-order valence-electron chi connectivity index (χ4n) is 3.30. The Labute approximate surface area is 86.0 Å². The highest BCUT2D eigenvalue weighted by molar-refractivity contribution is 5.18. The van der Waals surface area contributed by atoms with Crippen LogP contribution in [0.1, 0.15) is 39.5 Å². The molecule has 2 rings (SSSR count). The highest BCUT2D eigenvalue weighted by Gasteiger charge is 2.46. The summed E-state index contributed by atoms with van der Waals surface area (Å²) in [7, 11) is 0. The molecule has 0 unspecified atom stereocenters. The molecule has 14 heavy (non-hydrogen) atoms. The van der Waals surface area contributed by atoms with E-state index in [9.17, 15) is 4.39 Å². The molecule has 2 fully saturated rings. The molecule has 1 nitrogen and oxygen atoms in total. The molecule has 2 heterocycles. The molecule has 0 spiro atoms. The van der Waals surface area contributed by atoms with Crippen LogP contribution in [0.15, 0.2) is 11.9 Å². The lowest BCUT2D eigenvalue weighted by Crippen LogP contribution is -2.39. The van der Waals surface area contributed by atoms with E-state index in [2.05, 4.69) is 18.7 Å². The van der Waals surface area contributed by atoms with Gasteiger partial charge >= 0.3 is 0 Å².